The molecule has 4 rings (SSSR count). The lowest BCUT2D eigenvalue weighted by atomic mass is 9.49. The summed E-state index contributed by atoms with van der Waals surface area (Å²) in [6.45, 7) is 14.8. The molecule has 0 amide bonds. The van der Waals surface area contributed by atoms with Crippen LogP contribution in [0.5, 0.6) is 0 Å². The van der Waals surface area contributed by atoms with E-state index in [1.54, 1.807) is 11.1 Å². The van der Waals surface area contributed by atoms with Crippen LogP contribution in [-0.4, -0.2) is 11.2 Å². The molecule has 0 saturated heterocycles. The fraction of sp³-hybridized carbons (Fsp3) is 0.862. The molecule has 4 aliphatic carbocycles. The maximum absolute atomic E-state index is 10.7. The molecule has 170 valence electrons. The molecule has 7 atom stereocenters. The number of hydrogen-bond acceptors (Lipinski definition) is 1. The molecule has 0 radical (unpaired) electrons. The highest BCUT2D eigenvalue weighted by molar-refractivity contribution is 5.49. The van der Waals surface area contributed by atoms with Crippen LogP contribution in [0.15, 0.2) is 22.8 Å². The third-order valence-electron chi connectivity index (χ3n) is 10.4. The van der Waals surface area contributed by atoms with Gasteiger partial charge >= 0.3 is 0 Å². The second-order valence-corrected chi connectivity index (χ2v) is 12.4. The summed E-state index contributed by atoms with van der Waals surface area (Å²) < 4.78 is 0. The Bertz CT molecular complexity index is 699. The second-order valence-electron chi connectivity index (χ2n) is 12.4. The maximum Gasteiger partial charge on any atom is 0.0571 e. The lowest BCUT2D eigenvalue weighted by Gasteiger charge is -2.56. The topological polar surface area (TPSA) is 20.2 Å². The van der Waals surface area contributed by atoms with Crippen molar-refractivity contribution in [3.8, 4) is 0 Å². The summed E-state index contributed by atoms with van der Waals surface area (Å²) in [5, 5.41) is 10.7. The zero-order chi connectivity index (χ0) is 21.7. The molecule has 1 heteroatoms. The molecule has 0 heterocycles. The Morgan fingerprint density at radius 1 is 1.03 bits per heavy atom. The van der Waals surface area contributed by atoms with Crippen molar-refractivity contribution in [2.75, 3.05) is 0 Å². The number of aliphatic hydroxyl groups is 1. The van der Waals surface area contributed by atoms with Gasteiger partial charge in [-0.3, -0.25) is 0 Å². The molecule has 0 spiro atoms. The van der Waals surface area contributed by atoms with Crippen molar-refractivity contribution in [1.82, 2.24) is 0 Å². The van der Waals surface area contributed by atoms with Gasteiger partial charge in [0.2, 0.25) is 0 Å². The van der Waals surface area contributed by atoms with Crippen molar-refractivity contribution in [2.24, 2.45) is 40.4 Å². The predicted molar refractivity (Wildman–Crippen MR) is 128 cm³/mol. The Morgan fingerprint density at radius 3 is 2.50 bits per heavy atom. The van der Waals surface area contributed by atoms with Gasteiger partial charge in [0.05, 0.1) is 6.10 Å². The van der Waals surface area contributed by atoms with Crippen LogP contribution in [0.3, 0.4) is 0 Å². The minimum Gasteiger partial charge on any atom is -0.393 e. The first-order valence-corrected chi connectivity index (χ1v) is 13.3. The number of hydrogen-bond donors (Lipinski definition) is 1. The minimum atomic E-state index is -0.0640. The van der Waals surface area contributed by atoms with Gasteiger partial charge < -0.3 is 5.11 Å². The smallest absolute Gasteiger partial charge is 0.0571 e. The van der Waals surface area contributed by atoms with E-state index in [2.05, 4.69) is 47.6 Å². The Kier molecular flexibility index (Phi) is 6.35. The molecule has 2 unspecified atom stereocenters. The molecule has 0 aliphatic heterocycles. The Morgan fingerprint density at radius 2 is 1.80 bits per heavy atom. The molecule has 0 aromatic carbocycles. The summed E-state index contributed by atoms with van der Waals surface area (Å²) in [7, 11) is 0. The van der Waals surface area contributed by atoms with Crippen LogP contribution in [0.1, 0.15) is 112 Å². The van der Waals surface area contributed by atoms with Crippen LogP contribution in [-0.2, 0) is 0 Å². The van der Waals surface area contributed by atoms with Crippen molar-refractivity contribution in [3.05, 3.63) is 22.8 Å². The van der Waals surface area contributed by atoms with Crippen LogP contribution < -0.4 is 0 Å². The van der Waals surface area contributed by atoms with Gasteiger partial charge in [0, 0.05) is 0 Å². The van der Waals surface area contributed by atoms with E-state index in [-0.39, 0.29) is 6.10 Å². The predicted octanol–water partition coefficient (Wildman–Crippen LogP) is 8.09. The van der Waals surface area contributed by atoms with E-state index < -0.39 is 0 Å². The van der Waals surface area contributed by atoms with E-state index in [0.717, 1.165) is 30.6 Å². The van der Waals surface area contributed by atoms with Crippen molar-refractivity contribution in [1.29, 1.82) is 0 Å². The average Bonchev–Trinajstić information content (AvgIpc) is 3.05. The first-order valence-electron chi connectivity index (χ1n) is 13.3. The highest BCUT2D eigenvalue weighted by Gasteiger charge is 2.54. The van der Waals surface area contributed by atoms with Crippen LogP contribution in [0.4, 0.5) is 0 Å². The number of fused-ring (bicyclic) bond motifs is 4. The Hall–Kier alpha value is -0.560. The molecule has 1 nitrogen and oxygen atoms in total. The summed E-state index contributed by atoms with van der Waals surface area (Å²) in [5.74, 6) is 3.73. The highest BCUT2D eigenvalue weighted by atomic mass is 16.3. The van der Waals surface area contributed by atoms with E-state index in [4.69, 9.17) is 0 Å². The third kappa shape index (κ3) is 3.56. The van der Waals surface area contributed by atoms with Crippen LogP contribution in [0.2, 0.25) is 0 Å². The number of rotatable bonds is 6. The molecular weight excluding hydrogens is 364 g/mol. The van der Waals surface area contributed by atoms with Crippen LogP contribution in [0, 0.1) is 40.4 Å². The van der Waals surface area contributed by atoms with E-state index in [9.17, 15) is 5.11 Å². The fourth-order valence-electron chi connectivity index (χ4n) is 8.60. The van der Waals surface area contributed by atoms with Gasteiger partial charge in [-0.25, -0.2) is 0 Å². The SMILES string of the molecule is CCC1C2CCC3=C(CC[C@@]4(C)C3=CC[C@@H]4[C@H](C)CCCC(C)C)[C@@]2(C)CC[C@@H]1O. The minimum absolute atomic E-state index is 0.0640. The maximum atomic E-state index is 10.7. The molecule has 4 aliphatic rings. The normalized spacial score (nSPS) is 41.9. The van der Waals surface area contributed by atoms with Crippen molar-refractivity contribution >= 4 is 0 Å². The first-order chi connectivity index (χ1) is 14.2. The number of aliphatic hydroxyl groups excluding tert-OH is 1. The van der Waals surface area contributed by atoms with E-state index in [0.29, 0.717) is 22.7 Å². The molecule has 1 fully saturated rings. The van der Waals surface area contributed by atoms with E-state index in [1.165, 1.54) is 57.8 Å². The zero-order valence-corrected chi connectivity index (χ0v) is 20.8. The summed E-state index contributed by atoms with van der Waals surface area (Å²) in [5.41, 5.74) is 6.13. The molecule has 0 aromatic rings. The summed E-state index contributed by atoms with van der Waals surface area (Å²) in [6.07, 6.45) is 16.7. The zero-order valence-electron chi connectivity index (χ0n) is 20.8. The summed E-state index contributed by atoms with van der Waals surface area (Å²) in [6, 6.07) is 0. The monoisotopic (exact) mass is 412 g/mol. The van der Waals surface area contributed by atoms with Crippen LogP contribution >= 0.6 is 0 Å². The Labute approximate surface area is 186 Å². The van der Waals surface area contributed by atoms with Crippen molar-refractivity contribution in [3.63, 3.8) is 0 Å². The molecule has 0 aromatic heterocycles. The summed E-state index contributed by atoms with van der Waals surface area (Å²) in [4.78, 5) is 0. The van der Waals surface area contributed by atoms with Gasteiger partial charge in [-0.2, -0.15) is 0 Å². The second kappa shape index (κ2) is 8.42. The lowest BCUT2D eigenvalue weighted by Crippen LogP contribution is -2.48. The van der Waals surface area contributed by atoms with E-state index >= 15 is 0 Å². The fourth-order valence-corrected chi connectivity index (χ4v) is 8.60. The third-order valence-corrected chi connectivity index (χ3v) is 10.4. The molecule has 1 saturated carbocycles. The van der Waals surface area contributed by atoms with Crippen molar-refractivity contribution in [2.45, 2.75) is 118 Å². The lowest BCUT2D eigenvalue weighted by molar-refractivity contribution is -0.0386. The highest BCUT2D eigenvalue weighted by Crippen LogP contribution is 2.65. The molecule has 0 bridgehead atoms. The molecule has 30 heavy (non-hydrogen) atoms. The van der Waals surface area contributed by atoms with Gasteiger partial charge in [-0.15, -0.1) is 0 Å². The summed E-state index contributed by atoms with van der Waals surface area (Å²) >= 11 is 0. The van der Waals surface area contributed by atoms with Gasteiger partial charge in [0.1, 0.15) is 0 Å². The largest absolute Gasteiger partial charge is 0.393 e. The molecule has 1 N–H and O–H groups in total. The number of allylic oxidation sites excluding steroid dienone is 4. The first kappa shape index (κ1) is 22.6. The average molecular weight is 413 g/mol. The van der Waals surface area contributed by atoms with E-state index in [1.807, 2.05) is 5.57 Å². The van der Waals surface area contributed by atoms with Crippen molar-refractivity contribution < 1.29 is 5.11 Å². The Balaban J connectivity index is 1.56. The van der Waals surface area contributed by atoms with Gasteiger partial charge in [-0.05, 0) is 96.5 Å². The van der Waals surface area contributed by atoms with Crippen LogP contribution in [0.25, 0.3) is 0 Å². The standard InChI is InChI=1S/C29H48O/c1-7-21-24-12-11-22-25-14-13-23(20(4)10-8-9-19(2)3)28(25,5)17-15-26(22)29(24,6)18-16-27(21)30/h14,19-21,23-24,27,30H,7-13,15-18H2,1-6H3/t20-,21?,23-,24?,27+,28-,29+/m1/s1. The van der Waals surface area contributed by atoms with Gasteiger partial charge in [0.15, 0.2) is 0 Å². The quantitative estimate of drug-likeness (QED) is 0.467. The molecular formula is C29H48O. The van der Waals surface area contributed by atoms with Gasteiger partial charge in [0.25, 0.3) is 0 Å². The van der Waals surface area contributed by atoms with Gasteiger partial charge in [-0.1, -0.05) is 78.9 Å².